The molecule has 0 radical (unpaired) electrons. The summed E-state index contributed by atoms with van der Waals surface area (Å²) < 4.78 is 0. The summed E-state index contributed by atoms with van der Waals surface area (Å²) in [6.45, 7) is 1.82. The number of halogens is 1. The fraction of sp³-hybridized carbons (Fsp3) is 0.438. The van der Waals surface area contributed by atoms with Gasteiger partial charge in [0.15, 0.2) is 0 Å². The Morgan fingerprint density at radius 2 is 2.15 bits per heavy atom. The van der Waals surface area contributed by atoms with Gasteiger partial charge in [0.2, 0.25) is 0 Å². The average Bonchev–Trinajstić information content (AvgIpc) is 3.02. The minimum absolute atomic E-state index is 0.112. The maximum atomic E-state index is 12.6. The predicted molar refractivity (Wildman–Crippen MR) is 80.1 cm³/mol. The highest BCUT2D eigenvalue weighted by Gasteiger charge is 2.44. The van der Waals surface area contributed by atoms with Gasteiger partial charge in [-0.25, -0.2) is 0 Å². The smallest absolute Gasteiger partial charge is 0.270 e. The van der Waals surface area contributed by atoms with Crippen LogP contribution in [0.1, 0.15) is 36.2 Å². The van der Waals surface area contributed by atoms with Crippen LogP contribution in [0.4, 0.5) is 0 Å². The molecule has 1 saturated heterocycles. The number of aromatic amines is 1. The Morgan fingerprint density at radius 3 is 2.80 bits per heavy atom. The van der Waals surface area contributed by atoms with Crippen molar-refractivity contribution in [2.45, 2.75) is 25.7 Å². The Kier molecular flexibility index (Phi) is 2.61. The number of fused-ring (bicyclic) bond motifs is 1. The summed E-state index contributed by atoms with van der Waals surface area (Å²) in [7, 11) is 0. The molecule has 0 bridgehead atoms. The zero-order valence-corrected chi connectivity index (χ0v) is 12.0. The molecule has 4 heteroatoms. The number of carbonyl (C=O) groups excluding carboxylic acids is 1. The second-order valence-corrected chi connectivity index (χ2v) is 6.62. The molecule has 1 amide bonds. The standard InChI is InChI=1S/C16H17ClN2O/c17-12-4-1-3-11-9-13(18-14(11)12)15(20)19-8-7-16(10-19)5-2-6-16/h1,3-4,9,18H,2,5-8,10H2. The number of amides is 1. The lowest BCUT2D eigenvalue weighted by Gasteiger charge is -2.37. The van der Waals surface area contributed by atoms with Crippen molar-refractivity contribution < 1.29 is 4.79 Å². The Labute approximate surface area is 122 Å². The SMILES string of the molecule is O=C(c1cc2cccc(Cl)c2[nH]1)N1CCC2(CCC2)C1. The van der Waals surface area contributed by atoms with Crippen LogP contribution in [0, 0.1) is 5.41 Å². The van der Waals surface area contributed by atoms with Crippen LogP contribution in [-0.4, -0.2) is 28.9 Å². The van der Waals surface area contributed by atoms with Gasteiger partial charge in [0.25, 0.3) is 5.91 Å². The summed E-state index contributed by atoms with van der Waals surface area (Å²) in [4.78, 5) is 17.8. The number of carbonyl (C=O) groups is 1. The van der Waals surface area contributed by atoms with Crippen LogP contribution in [0.25, 0.3) is 10.9 Å². The van der Waals surface area contributed by atoms with Crippen molar-refractivity contribution >= 4 is 28.4 Å². The summed E-state index contributed by atoms with van der Waals surface area (Å²) in [6, 6.07) is 7.64. The lowest BCUT2D eigenvalue weighted by atomic mass is 9.68. The number of aromatic nitrogens is 1. The number of nitrogens with one attached hydrogen (secondary N) is 1. The molecule has 2 aromatic rings. The zero-order valence-electron chi connectivity index (χ0n) is 11.3. The van der Waals surface area contributed by atoms with E-state index >= 15 is 0 Å². The normalized spacial score (nSPS) is 20.6. The highest BCUT2D eigenvalue weighted by Crippen LogP contribution is 2.48. The summed E-state index contributed by atoms with van der Waals surface area (Å²) in [5.41, 5.74) is 1.96. The number of hydrogen-bond acceptors (Lipinski definition) is 1. The second kappa shape index (κ2) is 4.26. The molecule has 2 heterocycles. The Hall–Kier alpha value is -1.48. The van der Waals surface area contributed by atoms with Crippen LogP contribution >= 0.6 is 11.6 Å². The third kappa shape index (κ3) is 1.76. The van der Waals surface area contributed by atoms with Crippen molar-refractivity contribution in [1.82, 2.24) is 9.88 Å². The largest absolute Gasteiger partial charge is 0.349 e. The van der Waals surface area contributed by atoms with Crippen molar-refractivity contribution in [1.29, 1.82) is 0 Å². The van der Waals surface area contributed by atoms with Gasteiger partial charge in [-0.3, -0.25) is 4.79 Å². The molecule has 20 heavy (non-hydrogen) atoms. The van der Waals surface area contributed by atoms with E-state index in [0.717, 1.165) is 24.0 Å². The lowest BCUT2D eigenvalue weighted by molar-refractivity contribution is 0.0727. The van der Waals surface area contributed by atoms with E-state index in [1.165, 1.54) is 25.7 Å². The van der Waals surface area contributed by atoms with Gasteiger partial charge in [0.05, 0.1) is 10.5 Å². The second-order valence-electron chi connectivity index (χ2n) is 6.22. The maximum absolute atomic E-state index is 12.6. The molecule has 0 atom stereocenters. The maximum Gasteiger partial charge on any atom is 0.270 e. The Bertz CT molecular complexity index is 687. The predicted octanol–water partition coefficient (Wildman–Crippen LogP) is 3.84. The number of benzene rings is 1. The summed E-state index contributed by atoms with van der Waals surface area (Å²) in [5, 5.41) is 1.66. The van der Waals surface area contributed by atoms with Gasteiger partial charge in [0, 0.05) is 18.5 Å². The van der Waals surface area contributed by atoms with Gasteiger partial charge in [0.1, 0.15) is 5.69 Å². The first-order valence-corrected chi connectivity index (χ1v) is 7.61. The minimum atomic E-state index is 0.112. The van der Waals surface area contributed by atoms with Gasteiger partial charge < -0.3 is 9.88 Å². The number of rotatable bonds is 1. The average molecular weight is 289 g/mol. The first kappa shape index (κ1) is 12.3. The third-order valence-electron chi connectivity index (χ3n) is 4.98. The van der Waals surface area contributed by atoms with E-state index in [-0.39, 0.29) is 5.91 Å². The molecule has 2 aliphatic rings. The third-order valence-corrected chi connectivity index (χ3v) is 5.29. The fourth-order valence-corrected chi connectivity index (χ4v) is 3.83. The van der Waals surface area contributed by atoms with Crippen molar-refractivity contribution in [3.8, 4) is 0 Å². The Morgan fingerprint density at radius 1 is 1.30 bits per heavy atom. The molecule has 1 aromatic heterocycles. The van der Waals surface area contributed by atoms with Gasteiger partial charge >= 0.3 is 0 Å². The zero-order chi connectivity index (χ0) is 13.7. The Balaban J connectivity index is 1.62. The van der Waals surface area contributed by atoms with Crippen LogP contribution in [0.2, 0.25) is 5.02 Å². The van der Waals surface area contributed by atoms with Crippen LogP contribution in [0.3, 0.4) is 0 Å². The van der Waals surface area contributed by atoms with Crippen LogP contribution in [0.5, 0.6) is 0 Å². The van der Waals surface area contributed by atoms with Crippen LogP contribution in [0.15, 0.2) is 24.3 Å². The fourth-order valence-electron chi connectivity index (χ4n) is 3.60. The monoisotopic (exact) mass is 288 g/mol. The van der Waals surface area contributed by atoms with E-state index in [2.05, 4.69) is 4.98 Å². The molecule has 1 N–H and O–H groups in total. The molecule has 1 aliphatic heterocycles. The molecular formula is C16H17ClN2O. The van der Waals surface area contributed by atoms with Gasteiger partial charge in [-0.05, 0) is 36.8 Å². The number of H-pyrrole nitrogens is 1. The van der Waals surface area contributed by atoms with Crippen molar-refractivity contribution in [2.75, 3.05) is 13.1 Å². The highest BCUT2D eigenvalue weighted by molar-refractivity contribution is 6.35. The topological polar surface area (TPSA) is 36.1 Å². The molecule has 1 spiro atoms. The van der Waals surface area contributed by atoms with E-state index in [9.17, 15) is 4.79 Å². The summed E-state index contributed by atoms with van der Waals surface area (Å²) in [5.74, 6) is 0.112. The summed E-state index contributed by atoms with van der Waals surface area (Å²) in [6.07, 6.45) is 5.06. The summed E-state index contributed by atoms with van der Waals surface area (Å²) >= 11 is 6.16. The first-order chi connectivity index (χ1) is 9.67. The number of para-hydroxylation sites is 1. The minimum Gasteiger partial charge on any atom is -0.349 e. The quantitative estimate of drug-likeness (QED) is 0.850. The molecule has 0 unspecified atom stereocenters. The molecule has 2 fully saturated rings. The van der Waals surface area contributed by atoms with E-state index in [1.807, 2.05) is 29.2 Å². The van der Waals surface area contributed by atoms with E-state index in [4.69, 9.17) is 11.6 Å². The number of hydrogen-bond donors (Lipinski definition) is 1. The molecule has 4 rings (SSSR count). The molecule has 1 aromatic carbocycles. The van der Waals surface area contributed by atoms with E-state index in [0.29, 0.717) is 16.1 Å². The molecule has 104 valence electrons. The molecule has 1 aliphatic carbocycles. The molecular weight excluding hydrogens is 272 g/mol. The molecule has 3 nitrogen and oxygen atoms in total. The number of likely N-dealkylation sites (tertiary alicyclic amines) is 1. The van der Waals surface area contributed by atoms with Crippen molar-refractivity contribution in [3.63, 3.8) is 0 Å². The van der Waals surface area contributed by atoms with Gasteiger partial charge in [-0.2, -0.15) is 0 Å². The van der Waals surface area contributed by atoms with E-state index in [1.54, 1.807) is 0 Å². The highest BCUT2D eigenvalue weighted by atomic mass is 35.5. The van der Waals surface area contributed by atoms with Crippen molar-refractivity contribution in [3.05, 3.63) is 35.0 Å². The van der Waals surface area contributed by atoms with Crippen LogP contribution in [-0.2, 0) is 0 Å². The lowest BCUT2D eigenvalue weighted by Crippen LogP contribution is -2.35. The first-order valence-electron chi connectivity index (χ1n) is 7.23. The van der Waals surface area contributed by atoms with Gasteiger partial charge in [-0.1, -0.05) is 30.2 Å². The molecule has 1 saturated carbocycles. The van der Waals surface area contributed by atoms with Crippen molar-refractivity contribution in [2.24, 2.45) is 5.41 Å². The van der Waals surface area contributed by atoms with Crippen LogP contribution < -0.4 is 0 Å². The number of nitrogens with zero attached hydrogens (tertiary/aromatic N) is 1. The van der Waals surface area contributed by atoms with Gasteiger partial charge in [-0.15, -0.1) is 0 Å². The van der Waals surface area contributed by atoms with E-state index < -0.39 is 0 Å².